The summed E-state index contributed by atoms with van der Waals surface area (Å²) in [5.74, 6) is -1.09. The first-order valence-corrected chi connectivity index (χ1v) is 6.52. The van der Waals surface area contributed by atoms with E-state index >= 15 is 0 Å². The Bertz CT molecular complexity index is 530. The summed E-state index contributed by atoms with van der Waals surface area (Å²) in [5, 5.41) is 1.50. The van der Waals surface area contributed by atoms with E-state index in [4.69, 9.17) is 5.73 Å². The Hall–Kier alpha value is -1.73. The number of benzene rings is 1. The summed E-state index contributed by atoms with van der Waals surface area (Å²) >= 11 is 3.29. The monoisotopic (exact) mass is 326 g/mol. The van der Waals surface area contributed by atoms with E-state index in [1.807, 2.05) is 0 Å². The van der Waals surface area contributed by atoms with Crippen LogP contribution in [-0.2, 0) is 14.4 Å². The van der Waals surface area contributed by atoms with E-state index in [2.05, 4.69) is 15.9 Å². The summed E-state index contributed by atoms with van der Waals surface area (Å²) in [5.41, 5.74) is 5.56. The van der Waals surface area contributed by atoms with E-state index < -0.39 is 11.9 Å². The Morgan fingerprint density at radius 3 is 2.58 bits per heavy atom. The Balaban J connectivity index is 2.14. The summed E-state index contributed by atoms with van der Waals surface area (Å²) in [6.45, 7) is -0.00212. The zero-order valence-corrected chi connectivity index (χ0v) is 11.6. The Morgan fingerprint density at radius 2 is 2.00 bits per heavy atom. The van der Waals surface area contributed by atoms with Gasteiger partial charge in [0.05, 0.1) is 12.1 Å². The molecule has 1 aromatic carbocycles. The highest BCUT2D eigenvalue weighted by Gasteiger charge is 2.42. The molecule has 19 heavy (non-hydrogen) atoms. The molecule has 3 amide bonds. The lowest BCUT2D eigenvalue weighted by Gasteiger charge is -2.13. The van der Waals surface area contributed by atoms with Crippen LogP contribution in [0.2, 0.25) is 0 Å². The third kappa shape index (κ3) is 2.99. The van der Waals surface area contributed by atoms with Gasteiger partial charge in [-0.15, -0.1) is 0 Å². The second-order valence-corrected chi connectivity index (χ2v) is 5.18. The van der Waals surface area contributed by atoms with Crippen LogP contribution in [0.25, 0.3) is 0 Å². The third-order valence-corrected chi connectivity index (χ3v) is 3.40. The van der Waals surface area contributed by atoms with Crippen LogP contribution in [0.5, 0.6) is 0 Å². The highest BCUT2D eigenvalue weighted by molar-refractivity contribution is 9.10. The van der Waals surface area contributed by atoms with Gasteiger partial charge in [0.25, 0.3) is 11.8 Å². The molecule has 2 rings (SSSR count). The van der Waals surface area contributed by atoms with Crippen molar-refractivity contribution in [2.75, 3.05) is 11.4 Å². The van der Waals surface area contributed by atoms with E-state index in [0.29, 0.717) is 5.69 Å². The first-order valence-electron chi connectivity index (χ1n) is 5.73. The zero-order chi connectivity index (χ0) is 14.0. The lowest BCUT2D eigenvalue weighted by Crippen LogP contribution is -2.93. The minimum absolute atomic E-state index is 0.00212. The highest BCUT2D eigenvalue weighted by Crippen LogP contribution is 2.23. The third-order valence-electron chi connectivity index (χ3n) is 2.87. The molecule has 0 bridgehead atoms. The van der Waals surface area contributed by atoms with Crippen molar-refractivity contribution in [3.8, 4) is 0 Å². The van der Waals surface area contributed by atoms with Crippen molar-refractivity contribution in [3.05, 3.63) is 28.7 Å². The Kier molecular flexibility index (Phi) is 3.96. The average molecular weight is 327 g/mol. The van der Waals surface area contributed by atoms with Gasteiger partial charge >= 0.3 is 0 Å². The van der Waals surface area contributed by atoms with Gasteiger partial charge in [-0.3, -0.25) is 14.4 Å². The van der Waals surface area contributed by atoms with E-state index in [-0.39, 0.29) is 24.8 Å². The standard InChI is InChI=1S/C12H12BrN3O3/c13-7-1-3-8(4-2-7)16-11(18)5-9(12(16)19)15-6-10(14)17/h1-4,9,15H,5-6H2,(H2,14,17)/p+1. The largest absolute Gasteiger partial charge is 0.365 e. The van der Waals surface area contributed by atoms with Crippen LogP contribution >= 0.6 is 15.9 Å². The van der Waals surface area contributed by atoms with E-state index in [9.17, 15) is 14.4 Å². The first kappa shape index (κ1) is 13.7. The topological polar surface area (TPSA) is 97.1 Å². The second-order valence-electron chi connectivity index (χ2n) is 4.26. The highest BCUT2D eigenvalue weighted by atomic mass is 79.9. The number of nitrogens with two attached hydrogens (primary N) is 2. The number of hydrogen-bond donors (Lipinski definition) is 2. The van der Waals surface area contributed by atoms with Gasteiger partial charge in [0, 0.05) is 4.47 Å². The van der Waals surface area contributed by atoms with Gasteiger partial charge in [-0.05, 0) is 24.3 Å². The molecule has 0 saturated carbocycles. The molecule has 100 valence electrons. The molecule has 1 fully saturated rings. The Morgan fingerprint density at radius 1 is 1.37 bits per heavy atom. The van der Waals surface area contributed by atoms with Crippen molar-refractivity contribution in [2.24, 2.45) is 5.73 Å². The summed E-state index contributed by atoms with van der Waals surface area (Å²) in [6.07, 6.45) is 0.0855. The molecule has 1 aliphatic heterocycles. The van der Waals surface area contributed by atoms with Crippen molar-refractivity contribution >= 4 is 39.3 Å². The van der Waals surface area contributed by atoms with Crippen LogP contribution in [-0.4, -0.2) is 30.3 Å². The number of halogens is 1. The van der Waals surface area contributed by atoms with Gasteiger partial charge in [-0.2, -0.15) is 0 Å². The molecular formula is C12H13BrN3O3+. The van der Waals surface area contributed by atoms with Crippen molar-refractivity contribution in [1.82, 2.24) is 0 Å². The molecule has 4 N–H and O–H groups in total. The fourth-order valence-corrected chi connectivity index (χ4v) is 2.22. The van der Waals surface area contributed by atoms with Crippen molar-refractivity contribution in [1.29, 1.82) is 0 Å². The summed E-state index contributed by atoms with van der Waals surface area (Å²) in [6, 6.07) is 6.34. The normalized spacial score (nSPS) is 19.0. The molecule has 1 saturated heterocycles. The number of anilines is 1. The minimum Gasteiger partial charge on any atom is -0.365 e. The van der Waals surface area contributed by atoms with Crippen LogP contribution in [0.3, 0.4) is 0 Å². The molecule has 1 heterocycles. The van der Waals surface area contributed by atoms with Gasteiger partial charge in [-0.25, -0.2) is 4.90 Å². The SMILES string of the molecule is NC(=O)C[NH2+]C1CC(=O)N(c2ccc(Br)cc2)C1=O. The molecule has 0 aliphatic carbocycles. The van der Waals surface area contributed by atoms with Crippen LogP contribution in [0.1, 0.15) is 6.42 Å². The number of amides is 3. The predicted molar refractivity (Wildman–Crippen MR) is 71.0 cm³/mol. The molecule has 1 aliphatic rings. The van der Waals surface area contributed by atoms with E-state index in [1.54, 1.807) is 24.3 Å². The number of rotatable bonds is 4. The lowest BCUT2D eigenvalue weighted by atomic mass is 10.2. The fraction of sp³-hybridized carbons (Fsp3) is 0.250. The maximum atomic E-state index is 12.1. The van der Waals surface area contributed by atoms with Gasteiger partial charge in [0.1, 0.15) is 0 Å². The summed E-state index contributed by atoms with van der Waals surface area (Å²) in [4.78, 5) is 35.9. The number of primary amides is 1. The molecule has 6 nitrogen and oxygen atoms in total. The smallest absolute Gasteiger partial charge is 0.292 e. The Labute approximate surface area is 118 Å². The molecule has 0 spiro atoms. The molecule has 0 radical (unpaired) electrons. The molecule has 1 aromatic rings. The van der Waals surface area contributed by atoms with Crippen molar-refractivity contribution in [3.63, 3.8) is 0 Å². The fourth-order valence-electron chi connectivity index (χ4n) is 1.96. The number of imide groups is 1. The number of carbonyl (C=O) groups is 3. The maximum absolute atomic E-state index is 12.1. The van der Waals surface area contributed by atoms with Crippen LogP contribution < -0.4 is 16.0 Å². The quantitative estimate of drug-likeness (QED) is 0.704. The number of nitrogens with zero attached hydrogens (tertiary/aromatic N) is 1. The molecule has 7 heteroatoms. The molecule has 0 aromatic heterocycles. The van der Waals surface area contributed by atoms with E-state index in [0.717, 1.165) is 9.37 Å². The summed E-state index contributed by atoms with van der Waals surface area (Å²) < 4.78 is 0.868. The van der Waals surface area contributed by atoms with Gasteiger partial charge in [0.2, 0.25) is 5.91 Å². The summed E-state index contributed by atoms with van der Waals surface area (Å²) in [7, 11) is 0. The minimum atomic E-state index is -0.566. The van der Waals surface area contributed by atoms with Gasteiger partial charge < -0.3 is 11.1 Å². The predicted octanol–water partition coefficient (Wildman–Crippen LogP) is -0.870. The van der Waals surface area contributed by atoms with Gasteiger partial charge in [0.15, 0.2) is 12.6 Å². The number of carbonyl (C=O) groups excluding carboxylic acids is 3. The molecule has 1 atom stereocenters. The van der Waals surface area contributed by atoms with Crippen molar-refractivity contribution in [2.45, 2.75) is 12.5 Å². The average Bonchev–Trinajstić information content (AvgIpc) is 2.63. The maximum Gasteiger partial charge on any atom is 0.292 e. The molecule has 1 unspecified atom stereocenters. The first-order chi connectivity index (χ1) is 8.99. The van der Waals surface area contributed by atoms with Crippen LogP contribution in [0, 0.1) is 0 Å². The van der Waals surface area contributed by atoms with Crippen molar-refractivity contribution < 1.29 is 19.7 Å². The number of quaternary nitrogens is 1. The molecular weight excluding hydrogens is 314 g/mol. The zero-order valence-electron chi connectivity index (χ0n) is 10.0. The lowest BCUT2D eigenvalue weighted by molar-refractivity contribution is -0.663. The van der Waals surface area contributed by atoms with Gasteiger partial charge in [-0.1, -0.05) is 15.9 Å². The second kappa shape index (κ2) is 5.50. The van der Waals surface area contributed by atoms with E-state index in [1.165, 1.54) is 5.32 Å². The number of hydrogen-bond acceptors (Lipinski definition) is 3. The van der Waals surface area contributed by atoms with Crippen LogP contribution in [0.15, 0.2) is 28.7 Å². The van der Waals surface area contributed by atoms with Crippen LogP contribution in [0.4, 0.5) is 5.69 Å².